The number of furan rings is 1. The number of methoxy groups -OCH3 is 1. The van der Waals surface area contributed by atoms with Crippen LogP contribution < -0.4 is 14.4 Å². The number of aromatic hydroxyl groups is 1. The molecule has 0 saturated carbocycles. The summed E-state index contributed by atoms with van der Waals surface area (Å²) >= 11 is 0.871. The molecule has 2 aromatic carbocycles. The number of hydrogen-bond acceptors (Lipinski definition) is 11. The fraction of sp³-hybridized carbons (Fsp3) is 0.200. The molecule has 0 radical (unpaired) electrons. The molecular formula is C30H26N2O9S. The number of esters is 1. The van der Waals surface area contributed by atoms with E-state index in [1.807, 2.05) is 0 Å². The first-order valence-corrected chi connectivity index (χ1v) is 13.6. The number of nitrogens with zero attached hydrogens (tertiary/aromatic N) is 2. The molecule has 1 aliphatic rings. The van der Waals surface area contributed by atoms with Crippen LogP contribution in [0.25, 0.3) is 11.0 Å². The van der Waals surface area contributed by atoms with Crippen molar-refractivity contribution < 1.29 is 43.2 Å². The molecule has 11 nitrogen and oxygen atoms in total. The van der Waals surface area contributed by atoms with Crippen molar-refractivity contribution in [1.82, 2.24) is 4.98 Å². The number of Topliss-reactive ketones (excluding diaryl/α,β-unsaturated/α-hetero) is 1. The second kappa shape index (κ2) is 11.4. The summed E-state index contributed by atoms with van der Waals surface area (Å²) in [4.78, 5) is 45.9. The van der Waals surface area contributed by atoms with Crippen molar-refractivity contribution in [2.45, 2.75) is 19.9 Å². The normalized spacial score (nSPS) is 14.9. The number of hydrogen-bond donors (Lipinski definition) is 2. The van der Waals surface area contributed by atoms with Gasteiger partial charge in [0, 0.05) is 5.39 Å². The van der Waals surface area contributed by atoms with E-state index in [1.54, 1.807) is 32.0 Å². The van der Waals surface area contributed by atoms with Crippen molar-refractivity contribution >= 4 is 45.1 Å². The van der Waals surface area contributed by atoms with E-state index in [2.05, 4.69) is 11.6 Å². The van der Waals surface area contributed by atoms with Crippen LogP contribution in [-0.2, 0) is 9.53 Å². The highest BCUT2D eigenvalue weighted by molar-refractivity contribution is 7.17. The van der Waals surface area contributed by atoms with Gasteiger partial charge in [0.25, 0.3) is 5.91 Å². The van der Waals surface area contributed by atoms with Crippen molar-refractivity contribution in [3.8, 4) is 17.2 Å². The van der Waals surface area contributed by atoms with Gasteiger partial charge in [-0.05, 0) is 43.7 Å². The maximum Gasteiger partial charge on any atom is 0.350 e. The van der Waals surface area contributed by atoms with E-state index in [-0.39, 0.29) is 46.1 Å². The minimum absolute atomic E-state index is 0.0201. The summed E-state index contributed by atoms with van der Waals surface area (Å²) in [5.74, 6) is -2.92. The number of phenolic OH excluding ortho intramolecular Hbond substituents is 1. The lowest BCUT2D eigenvalue weighted by molar-refractivity contribution is -0.117. The lowest BCUT2D eigenvalue weighted by atomic mass is 9.95. The number of anilines is 1. The molecule has 0 saturated heterocycles. The van der Waals surface area contributed by atoms with Crippen LogP contribution in [0.2, 0.25) is 0 Å². The van der Waals surface area contributed by atoms with Crippen LogP contribution in [0.1, 0.15) is 44.4 Å². The Hall–Kier alpha value is -5.10. The van der Waals surface area contributed by atoms with E-state index in [4.69, 9.17) is 18.6 Å². The standard InChI is InChI=1S/C30H26N2O9S/c1-5-12-40-29(37)27-15(3)31-30(42-27)32-23(16-10-11-18(33)20(13-16)39-6-2)22(25(35)28(32)36)24(34)21-14-17-8-7-9-19(38-4)26(17)41-21/h5,7-11,13-14,23,33,35H,1,6,12H2,2-4H3. The van der Waals surface area contributed by atoms with E-state index in [9.17, 15) is 24.6 Å². The summed E-state index contributed by atoms with van der Waals surface area (Å²) in [6.45, 7) is 7.06. The first-order chi connectivity index (χ1) is 20.2. The molecule has 0 spiro atoms. The van der Waals surface area contributed by atoms with Crippen LogP contribution in [0.5, 0.6) is 17.2 Å². The average molecular weight is 591 g/mol. The highest BCUT2D eigenvalue weighted by Crippen LogP contribution is 2.46. The summed E-state index contributed by atoms with van der Waals surface area (Å²) in [5, 5.41) is 22.1. The molecule has 12 heteroatoms. The van der Waals surface area contributed by atoms with Crippen LogP contribution in [-0.4, -0.2) is 53.2 Å². The number of thiazole rings is 1. The van der Waals surface area contributed by atoms with Crippen molar-refractivity contribution in [1.29, 1.82) is 0 Å². The van der Waals surface area contributed by atoms with Crippen molar-refractivity contribution in [2.24, 2.45) is 0 Å². The Morgan fingerprint density at radius 2 is 1.98 bits per heavy atom. The quantitative estimate of drug-likeness (QED) is 0.139. The van der Waals surface area contributed by atoms with Crippen molar-refractivity contribution in [3.05, 3.63) is 88.3 Å². The highest BCUT2D eigenvalue weighted by atomic mass is 32.1. The number of rotatable bonds is 10. The van der Waals surface area contributed by atoms with Crippen LogP contribution in [0.4, 0.5) is 5.13 Å². The number of fused-ring (bicyclic) bond motifs is 1. The van der Waals surface area contributed by atoms with Gasteiger partial charge in [-0.15, -0.1) is 0 Å². The molecule has 1 amide bonds. The molecule has 0 fully saturated rings. The first kappa shape index (κ1) is 28.4. The number of phenols is 1. The number of aliphatic hydroxyl groups is 1. The molecule has 4 aromatic rings. The molecular weight excluding hydrogens is 564 g/mol. The zero-order valence-electron chi connectivity index (χ0n) is 22.9. The number of aliphatic hydroxyl groups excluding tert-OH is 1. The predicted molar refractivity (Wildman–Crippen MR) is 154 cm³/mol. The van der Waals surface area contributed by atoms with E-state index in [0.29, 0.717) is 28.0 Å². The number of ether oxygens (including phenoxy) is 3. The monoisotopic (exact) mass is 590 g/mol. The van der Waals surface area contributed by atoms with Gasteiger partial charge in [0.1, 0.15) is 11.5 Å². The fourth-order valence-electron chi connectivity index (χ4n) is 4.64. The van der Waals surface area contributed by atoms with Crippen LogP contribution >= 0.6 is 11.3 Å². The number of ketones is 1. The number of amides is 1. The van der Waals surface area contributed by atoms with E-state index >= 15 is 0 Å². The molecule has 0 aliphatic carbocycles. The number of para-hydroxylation sites is 1. The van der Waals surface area contributed by atoms with Gasteiger partial charge in [0.15, 0.2) is 39.5 Å². The maximum atomic E-state index is 14.0. The van der Waals surface area contributed by atoms with Gasteiger partial charge in [0.2, 0.25) is 5.78 Å². The Morgan fingerprint density at radius 3 is 2.69 bits per heavy atom. The van der Waals surface area contributed by atoms with Gasteiger partial charge in [-0.3, -0.25) is 14.5 Å². The van der Waals surface area contributed by atoms with Gasteiger partial charge in [-0.25, -0.2) is 9.78 Å². The maximum absolute atomic E-state index is 14.0. The minimum Gasteiger partial charge on any atom is -0.504 e. The summed E-state index contributed by atoms with van der Waals surface area (Å²) in [5.41, 5.74) is 0.659. The lowest BCUT2D eigenvalue weighted by Gasteiger charge is -2.24. The fourth-order valence-corrected chi connectivity index (χ4v) is 5.63. The smallest absolute Gasteiger partial charge is 0.350 e. The second-order valence-corrected chi connectivity index (χ2v) is 10.1. The van der Waals surface area contributed by atoms with Gasteiger partial charge < -0.3 is 28.8 Å². The first-order valence-electron chi connectivity index (χ1n) is 12.8. The van der Waals surface area contributed by atoms with Gasteiger partial charge in [-0.2, -0.15) is 0 Å². The van der Waals surface area contributed by atoms with Crippen LogP contribution in [0.15, 0.2) is 70.9 Å². The average Bonchev–Trinajstić information content (AvgIpc) is 3.66. The summed E-state index contributed by atoms with van der Waals surface area (Å²) in [7, 11) is 1.47. The van der Waals surface area contributed by atoms with Gasteiger partial charge in [0.05, 0.1) is 31.0 Å². The number of carbonyl (C=O) groups is 3. The van der Waals surface area contributed by atoms with Crippen molar-refractivity contribution in [2.75, 3.05) is 25.2 Å². The number of aryl methyl sites for hydroxylation is 1. The molecule has 3 heterocycles. The molecule has 216 valence electrons. The molecule has 2 N–H and O–H groups in total. The Bertz CT molecular complexity index is 1770. The molecule has 1 atom stereocenters. The lowest BCUT2D eigenvalue weighted by Crippen LogP contribution is -2.31. The summed E-state index contributed by atoms with van der Waals surface area (Å²) < 4.78 is 21.9. The minimum atomic E-state index is -1.22. The third-order valence-electron chi connectivity index (χ3n) is 6.51. The van der Waals surface area contributed by atoms with Gasteiger partial charge >= 0.3 is 5.97 Å². The second-order valence-electron chi connectivity index (χ2n) is 9.12. The molecule has 5 rings (SSSR count). The number of aromatic nitrogens is 1. The molecule has 2 aromatic heterocycles. The molecule has 0 bridgehead atoms. The number of carbonyl (C=O) groups excluding carboxylic acids is 3. The number of benzene rings is 2. The molecule has 1 unspecified atom stereocenters. The van der Waals surface area contributed by atoms with Crippen LogP contribution in [0.3, 0.4) is 0 Å². The highest BCUT2D eigenvalue weighted by Gasteiger charge is 2.47. The van der Waals surface area contributed by atoms with Crippen LogP contribution in [0, 0.1) is 6.92 Å². The Labute approximate surface area is 243 Å². The summed E-state index contributed by atoms with van der Waals surface area (Å²) in [6, 6.07) is 9.74. The zero-order chi connectivity index (χ0) is 30.1. The van der Waals surface area contributed by atoms with E-state index < -0.39 is 29.5 Å². The third kappa shape index (κ3) is 4.85. The predicted octanol–water partition coefficient (Wildman–Crippen LogP) is 5.44. The SMILES string of the molecule is C=CCOC(=O)c1sc(N2C(=O)C(O)=C(C(=O)c3cc4cccc(OC)c4o3)C2c2ccc(O)c(OCC)c2)nc1C. The molecule has 1 aliphatic heterocycles. The largest absolute Gasteiger partial charge is 0.504 e. The molecule has 42 heavy (non-hydrogen) atoms. The third-order valence-corrected chi connectivity index (χ3v) is 7.65. The van der Waals surface area contributed by atoms with Gasteiger partial charge in [-0.1, -0.05) is 42.2 Å². The topological polar surface area (TPSA) is 149 Å². The van der Waals surface area contributed by atoms with E-state index in [0.717, 1.165) is 16.2 Å². The Morgan fingerprint density at radius 1 is 1.19 bits per heavy atom. The van der Waals surface area contributed by atoms with Crippen molar-refractivity contribution in [3.63, 3.8) is 0 Å². The Balaban J connectivity index is 1.65. The summed E-state index contributed by atoms with van der Waals surface area (Å²) in [6.07, 6.45) is 1.42. The Kier molecular flexibility index (Phi) is 7.72. The van der Waals surface area contributed by atoms with E-state index in [1.165, 1.54) is 37.5 Å². The zero-order valence-corrected chi connectivity index (χ0v) is 23.7.